The summed E-state index contributed by atoms with van der Waals surface area (Å²) in [7, 11) is 0. The van der Waals surface area contributed by atoms with Crippen molar-refractivity contribution in [3.63, 3.8) is 0 Å². The number of pyridine rings is 1. The fourth-order valence-electron chi connectivity index (χ4n) is 2.73. The molecule has 3 rings (SSSR count). The monoisotopic (exact) mass is 323 g/mol. The number of rotatable bonds is 2. The number of aliphatic hydroxyl groups is 5. The molecule has 1 aliphatic heterocycles. The average molecular weight is 323 g/mol. The first-order valence-electron chi connectivity index (χ1n) is 7.02. The Morgan fingerprint density at radius 1 is 1.17 bits per heavy atom. The Bertz CT molecular complexity index is 722. The van der Waals surface area contributed by atoms with Crippen LogP contribution in [0.15, 0.2) is 30.5 Å². The van der Waals surface area contributed by atoms with Crippen molar-refractivity contribution < 1.29 is 35.4 Å². The Kier molecular flexibility index (Phi) is 3.96. The number of hydrogen-bond donors (Lipinski definition) is 6. The van der Waals surface area contributed by atoms with E-state index < -0.39 is 36.8 Å². The second-order valence-electron chi connectivity index (χ2n) is 5.53. The molecule has 0 bridgehead atoms. The molecule has 0 saturated carbocycles. The molecule has 1 unspecified atom stereocenters. The minimum Gasteiger partial charge on any atom is -0.506 e. The zero-order valence-electron chi connectivity index (χ0n) is 11.9. The van der Waals surface area contributed by atoms with Crippen molar-refractivity contribution in [2.45, 2.75) is 30.2 Å². The highest BCUT2D eigenvalue weighted by molar-refractivity contribution is 5.84. The Morgan fingerprint density at radius 2 is 1.91 bits per heavy atom. The molecule has 6 N–H and O–H groups in total. The summed E-state index contributed by atoms with van der Waals surface area (Å²) in [6.07, 6.45) is -5.21. The van der Waals surface area contributed by atoms with Crippen LogP contribution in [0.25, 0.3) is 10.9 Å². The summed E-state index contributed by atoms with van der Waals surface area (Å²) in [6, 6.07) is 6.11. The van der Waals surface area contributed by atoms with Gasteiger partial charge in [-0.3, -0.25) is 4.98 Å². The van der Waals surface area contributed by atoms with E-state index in [0.717, 1.165) is 0 Å². The van der Waals surface area contributed by atoms with Crippen LogP contribution in [0.3, 0.4) is 0 Å². The van der Waals surface area contributed by atoms with Gasteiger partial charge >= 0.3 is 0 Å². The topological polar surface area (TPSA) is 144 Å². The van der Waals surface area contributed by atoms with Crippen LogP contribution in [-0.2, 0) is 10.5 Å². The summed E-state index contributed by atoms with van der Waals surface area (Å²) < 4.78 is 5.23. The number of benzene rings is 1. The number of ether oxygens (including phenoxy) is 1. The van der Waals surface area contributed by atoms with Gasteiger partial charge in [-0.15, -0.1) is 0 Å². The zero-order valence-corrected chi connectivity index (χ0v) is 11.9. The molecular weight excluding hydrogens is 306 g/mol. The smallest absolute Gasteiger partial charge is 0.224 e. The summed E-state index contributed by atoms with van der Waals surface area (Å²) in [5, 5.41) is 59.8. The van der Waals surface area contributed by atoms with Crippen LogP contribution in [0.4, 0.5) is 0 Å². The highest BCUT2D eigenvalue weighted by Gasteiger charge is 2.53. The quantitative estimate of drug-likeness (QED) is 0.394. The molecule has 1 fully saturated rings. The van der Waals surface area contributed by atoms with Crippen LogP contribution in [-0.4, -0.2) is 66.6 Å². The van der Waals surface area contributed by atoms with Crippen molar-refractivity contribution in [1.82, 2.24) is 4.98 Å². The van der Waals surface area contributed by atoms with E-state index in [0.29, 0.717) is 10.9 Å². The molecule has 124 valence electrons. The standard InChI is InChI=1S/C15H17NO7/c17-6-10-12(19)13(20)14(21)15(22,23-10)8-4-7-2-1-3-9(18)11(7)16-5-8/h1-5,10,12-14,17-22H,6H2/t10-,12-,13+,14-,15?/m1/s1. The fraction of sp³-hybridized carbons (Fsp3) is 0.400. The van der Waals surface area contributed by atoms with Crippen molar-refractivity contribution >= 4 is 10.9 Å². The van der Waals surface area contributed by atoms with Gasteiger partial charge in [0.25, 0.3) is 0 Å². The molecule has 23 heavy (non-hydrogen) atoms. The second-order valence-corrected chi connectivity index (χ2v) is 5.53. The molecule has 5 atom stereocenters. The van der Waals surface area contributed by atoms with Crippen LogP contribution in [0.5, 0.6) is 5.75 Å². The molecule has 8 nitrogen and oxygen atoms in total. The number of para-hydroxylation sites is 1. The van der Waals surface area contributed by atoms with Crippen LogP contribution in [0, 0.1) is 0 Å². The van der Waals surface area contributed by atoms with Crippen molar-refractivity contribution in [3.05, 3.63) is 36.0 Å². The van der Waals surface area contributed by atoms with Crippen LogP contribution >= 0.6 is 0 Å². The van der Waals surface area contributed by atoms with E-state index in [1.165, 1.54) is 18.3 Å². The molecule has 0 amide bonds. The van der Waals surface area contributed by atoms with Gasteiger partial charge < -0.3 is 35.4 Å². The third kappa shape index (κ3) is 2.45. The van der Waals surface area contributed by atoms with Crippen molar-refractivity contribution in [3.8, 4) is 5.75 Å². The normalized spacial score (nSPS) is 34.7. The van der Waals surface area contributed by atoms with Crippen LogP contribution < -0.4 is 0 Å². The van der Waals surface area contributed by atoms with Gasteiger partial charge in [0.05, 0.1) is 6.61 Å². The van der Waals surface area contributed by atoms with Gasteiger partial charge in [-0.25, -0.2) is 0 Å². The molecular formula is C15H17NO7. The number of phenolic OH excluding ortho intramolecular Hbond substituents is 1. The molecule has 8 heteroatoms. The van der Waals surface area contributed by atoms with Gasteiger partial charge in [0.2, 0.25) is 5.79 Å². The van der Waals surface area contributed by atoms with Crippen LogP contribution in [0.1, 0.15) is 5.56 Å². The van der Waals surface area contributed by atoms with Gasteiger partial charge in [0.15, 0.2) is 0 Å². The molecule has 1 saturated heterocycles. The highest BCUT2D eigenvalue weighted by atomic mass is 16.7. The first kappa shape index (κ1) is 16.1. The number of aromatic nitrogens is 1. The summed E-state index contributed by atoms with van der Waals surface area (Å²) in [6.45, 7) is -0.658. The summed E-state index contributed by atoms with van der Waals surface area (Å²) >= 11 is 0. The number of nitrogens with zero attached hydrogens (tertiary/aromatic N) is 1. The van der Waals surface area contributed by atoms with Gasteiger partial charge in [-0.05, 0) is 12.1 Å². The Balaban J connectivity index is 2.08. The highest BCUT2D eigenvalue weighted by Crippen LogP contribution is 2.37. The molecule has 0 aliphatic carbocycles. The minimum absolute atomic E-state index is 0.0208. The molecule has 1 aromatic carbocycles. The lowest BCUT2D eigenvalue weighted by Crippen LogP contribution is -2.63. The number of hydrogen-bond acceptors (Lipinski definition) is 8. The summed E-state index contributed by atoms with van der Waals surface area (Å²) in [5.41, 5.74) is 0.317. The maximum Gasteiger partial charge on any atom is 0.224 e. The number of aliphatic hydroxyl groups excluding tert-OH is 4. The summed E-state index contributed by atoms with van der Waals surface area (Å²) in [5.74, 6) is -2.41. The van der Waals surface area contributed by atoms with E-state index in [-0.39, 0.29) is 11.3 Å². The third-order valence-corrected chi connectivity index (χ3v) is 4.07. The maximum absolute atomic E-state index is 10.7. The van der Waals surface area contributed by atoms with Gasteiger partial charge in [0.1, 0.15) is 35.7 Å². The lowest BCUT2D eigenvalue weighted by molar-refractivity contribution is -0.357. The van der Waals surface area contributed by atoms with E-state index in [9.17, 15) is 30.6 Å². The molecule has 0 radical (unpaired) electrons. The Labute approximate surface area is 130 Å². The zero-order chi connectivity index (χ0) is 16.8. The van der Waals surface area contributed by atoms with Crippen molar-refractivity contribution in [2.24, 2.45) is 0 Å². The van der Waals surface area contributed by atoms with E-state index in [4.69, 9.17) is 4.74 Å². The number of fused-ring (bicyclic) bond motifs is 1. The lowest BCUT2D eigenvalue weighted by Gasteiger charge is -2.45. The van der Waals surface area contributed by atoms with Gasteiger partial charge in [-0.1, -0.05) is 12.1 Å². The number of aromatic hydroxyl groups is 1. The summed E-state index contributed by atoms with van der Waals surface area (Å²) in [4.78, 5) is 4.02. The fourth-order valence-corrected chi connectivity index (χ4v) is 2.73. The average Bonchev–Trinajstić information content (AvgIpc) is 2.56. The van der Waals surface area contributed by atoms with Crippen molar-refractivity contribution in [1.29, 1.82) is 0 Å². The predicted molar refractivity (Wildman–Crippen MR) is 77.3 cm³/mol. The molecule has 1 aliphatic rings. The predicted octanol–water partition coefficient (Wildman–Crippen LogP) is -1.44. The maximum atomic E-state index is 10.7. The van der Waals surface area contributed by atoms with Gasteiger partial charge in [-0.2, -0.15) is 0 Å². The Morgan fingerprint density at radius 3 is 2.61 bits per heavy atom. The molecule has 2 heterocycles. The second kappa shape index (κ2) is 5.68. The molecule has 0 spiro atoms. The van der Waals surface area contributed by atoms with E-state index in [1.807, 2.05) is 0 Å². The first-order chi connectivity index (χ1) is 10.9. The molecule has 1 aromatic heterocycles. The third-order valence-electron chi connectivity index (χ3n) is 4.07. The number of phenols is 1. The van der Waals surface area contributed by atoms with E-state index in [1.54, 1.807) is 12.1 Å². The largest absolute Gasteiger partial charge is 0.506 e. The van der Waals surface area contributed by atoms with E-state index in [2.05, 4.69) is 4.98 Å². The first-order valence-corrected chi connectivity index (χ1v) is 7.02. The molecule has 2 aromatic rings. The van der Waals surface area contributed by atoms with E-state index >= 15 is 0 Å². The Hall–Kier alpha value is -1.81. The van der Waals surface area contributed by atoms with Crippen molar-refractivity contribution in [2.75, 3.05) is 6.61 Å². The van der Waals surface area contributed by atoms with Crippen LogP contribution in [0.2, 0.25) is 0 Å². The minimum atomic E-state index is -2.36. The SMILES string of the molecule is OC[C@H]1OC(O)(c2cnc3c(O)cccc3c2)[C@H](O)[C@@H](O)[C@@H]1O. The van der Waals surface area contributed by atoms with Gasteiger partial charge in [0, 0.05) is 17.1 Å². The lowest BCUT2D eigenvalue weighted by atomic mass is 9.88.